The first-order chi connectivity index (χ1) is 13.6. The van der Waals surface area contributed by atoms with E-state index in [0.29, 0.717) is 5.56 Å². The summed E-state index contributed by atoms with van der Waals surface area (Å²) in [7, 11) is 0. The lowest BCUT2D eigenvalue weighted by Gasteiger charge is -2.37. The molecule has 1 atom stereocenters. The first-order valence-electron chi connectivity index (χ1n) is 9.47. The van der Waals surface area contributed by atoms with E-state index in [1.807, 2.05) is 25.1 Å². The second kappa shape index (κ2) is 8.24. The number of hydrogen-bond donors (Lipinski definition) is 1. The van der Waals surface area contributed by atoms with E-state index >= 15 is 0 Å². The van der Waals surface area contributed by atoms with Crippen molar-refractivity contribution in [2.45, 2.75) is 19.5 Å². The number of anilines is 1. The fourth-order valence-corrected chi connectivity index (χ4v) is 4.45. The first-order valence-corrected chi connectivity index (χ1v) is 10.3. The Hall–Kier alpha value is -2.51. The summed E-state index contributed by atoms with van der Waals surface area (Å²) in [5.41, 5.74) is 1.54. The smallest absolute Gasteiger partial charge is 0.237 e. The number of fused-ring (bicyclic) bond motifs is 1. The molecule has 28 heavy (non-hydrogen) atoms. The molecule has 1 N–H and O–H groups in total. The van der Waals surface area contributed by atoms with Crippen LogP contribution in [0.4, 0.5) is 9.52 Å². The molecular formula is C21H23FN4OS. The summed E-state index contributed by atoms with van der Waals surface area (Å²) in [6, 6.07) is 14.4. The lowest BCUT2D eigenvalue weighted by atomic mass is 10.2. The quantitative estimate of drug-likeness (QED) is 0.717. The Bertz CT molecular complexity index is 935. The molecule has 0 spiro atoms. The Morgan fingerprint density at radius 3 is 2.61 bits per heavy atom. The molecule has 0 unspecified atom stereocenters. The molecule has 146 valence electrons. The third-order valence-corrected chi connectivity index (χ3v) is 6.30. The third kappa shape index (κ3) is 4.00. The van der Waals surface area contributed by atoms with Crippen molar-refractivity contribution < 1.29 is 9.18 Å². The summed E-state index contributed by atoms with van der Waals surface area (Å²) < 4.78 is 14.9. The zero-order valence-electron chi connectivity index (χ0n) is 15.8. The molecule has 3 aromatic rings. The van der Waals surface area contributed by atoms with Gasteiger partial charge < -0.3 is 10.2 Å². The van der Waals surface area contributed by atoms with Gasteiger partial charge in [0.2, 0.25) is 5.91 Å². The Labute approximate surface area is 167 Å². The SMILES string of the molecule is C[C@@H](C(=O)NCc1ccccc1F)N1CCN(c2nc3ccccc3s2)CC1. The summed E-state index contributed by atoms with van der Waals surface area (Å²) in [6.07, 6.45) is 0. The number of nitrogens with zero attached hydrogens (tertiary/aromatic N) is 3. The van der Waals surface area contributed by atoms with Crippen molar-refractivity contribution in [2.75, 3.05) is 31.1 Å². The topological polar surface area (TPSA) is 48.5 Å². The molecule has 0 saturated carbocycles. The molecule has 1 saturated heterocycles. The minimum atomic E-state index is -0.292. The average molecular weight is 399 g/mol. The number of aromatic nitrogens is 1. The molecule has 7 heteroatoms. The zero-order chi connectivity index (χ0) is 19.5. The fraction of sp³-hybridized carbons (Fsp3) is 0.333. The summed E-state index contributed by atoms with van der Waals surface area (Å²) in [5.74, 6) is -0.364. The minimum Gasteiger partial charge on any atom is -0.351 e. The number of piperazine rings is 1. The standard InChI is InChI=1S/C21H23FN4OS/c1-15(20(27)23-14-16-6-2-3-7-17(16)22)25-10-12-26(13-11-25)21-24-18-8-4-5-9-19(18)28-21/h2-9,15H,10-14H2,1H3,(H,23,27)/t15-/m0/s1. The normalized spacial score (nSPS) is 16.3. The number of carbonyl (C=O) groups is 1. The van der Waals surface area contributed by atoms with Gasteiger partial charge in [0.05, 0.1) is 16.3 Å². The molecular weight excluding hydrogens is 375 g/mol. The van der Waals surface area contributed by atoms with Gasteiger partial charge in [-0.3, -0.25) is 9.69 Å². The first kappa shape index (κ1) is 18.8. The van der Waals surface area contributed by atoms with Crippen LogP contribution in [0.3, 0.4) is 0 Å². The van der Waals surface area contributed by atoms with Crippen LogP contribution in [0, 0.1) is 5.82 Å². The Kier molecular flexibility index (Phi) is 5.54. The fourth-order valence-electron chi connectivity index (χ4n) is 3.43. The van der Waals surface area contributed by atoms with Gasteiger partial charge in [-0.05, 0) is 25.1 Å². The number of carbonyl (C=O) groups excluding carboxylic acids is 1. The second-order valence-electron chi connectivity index (χ2n) is 6.97. The number of para-hydroxylation sites is 1. The van der Waals surface area contributed by atoms with Crippen molar-refractivity contribution in [3.63, 3.8) is 0 Å². The molecule has 1 aliphatic heterocycles. The second-order valence-corrected chi connectivity index (χ2v) is 7.98. The summed E-state index contributed by atoms with van der Waals surface area (Å²) in [4.78, 5) is 21.7. The van der Waals surface area contributed by atoms with Crippen LogP contribution in [0.2, 0.25) is 0 Å². The monoisotopic (exact) mass is 398 g/mol. The highest BCUT2D eigenvalue weighted by atomic mass is 32.1. The van der Waals surface area contributed by atoms with Crippen molar-refractivity contribution >= 4 is 32.6 Å². The van der Waals surface area contributed by atoms with Gasteiger partial charge in [0.25, 0.3) is 0 Å². The largest absolute Gasteiger partial charge is 0.351 e. The molecule has 0 radical (unpaired) electrons. The highest BCUT2D eigenvalue weighted by Crippen LogP contribution is 2.29. The third-order valence-electron chi connectivity index (χ3n) is 5.21. The van der Waals surface area contributed by atoms with Gasteiger partial charge in [-0.1, -0.05) is 41.7 Å². The van der Waals surface area contributed by atoms with E-state index < -0.39 is 0 Å². The van der Waals surface area contributed by atoms with E-state index in [1.165, 1.54) is 10.8 Å². The van der Waals surface area contributed by atoms with Crippen LogP contribution in [0.5, 0.6) is 0 Å². The van der Waals surface area contributed by atoms with Gasteiger partial charge >= 0.3 is 0 Å². The maximum atomic E-state index is 13.7. The van der Waals surface area contributed by atoms with Gasteiger partial charge in [0, 0.05) is 38.3 Å². The molecule has 2 heterocycles. The predicted octanol–water partition coefficient (Wildman–Crippen LogP) is 3.26. The number of rotatable bonds is 5. The number of benzene rings is 2. The van der Waals surface area contributed by atoms with Crippen molar-refractivity contribution in [1.29, 1.82) is 0 Å². The van der Waals surface area contributed by atoms with Crippen molar-refractivity contribution in [2.24, 2.45) is 0 Å². The molecule has 0 bridgehead atoms. The molecule has 5 nitrogen and oxygen atoms in total. The van der Waals surface area contributed by atoms with E-state index in [2.05, 4.69) is 21.2 Å². The van der Waals surface area contributed by atoms with Crippen LogP contribution in [-0.2, 0) is 11.3 Å². The maximum Gasteiger partial charge on any atom is 0.237 e. The molecule has 1 aromatic heterocycles. The number of nitrogens with one attached hydrogen (secondary N) is 1. The zero-order valence-corrected chi connectivity index (χ0v) is 16.6. The van der Waals surface area contributed by atoms with Crippen LogP contribution in [-0.4, -0.2) is 48.0 Å². The van der Waals surface area contributed by atoms with Crippen molar-refractivity contribution in [3.8, 4) is 0 Å². The maximum absolute atomic E-state index is 13.7. The minimum absolute atomic E-state index is 0.0725. The number of hydrogen-bond acceptors (Lipinski definition) is 5. The number of halogens is 1. The van der Waals surface area contributed by atoms with Crippen LogP contribution in [0.15, 0.2) is 48.5 Å². The van der Waals surface area contributed by atoms with Crippen LogP contribution >= 0.6 is 11.3 Å². The van der Waals surface area contributed by atoms with Crippen LogP contribution in [0.1, 0.15) is 12.5 Å². The number of thiazole rings is 1. The lowest BCUT2D eigenvalue weighted by molar-refractivity contribution is -0.126. The van der Waals surface area contributed by atoms with Gasteiger partial charge in [0.15, 0.2) is 5.13 Å². The predicted molar refractivity (Wildman–Crippen MR) is 111 cm³/mol. The molecule has 1 amide bonds. The molecule has 1 fully saturated rings. The number of amides is 1. The average Bonchev–Trinajstić information content (AvgIpc) is 3.17. The molecule has 4 rings (SSSR count). The Balaban J connectivity index is 1.31. The van der Waals surface area contributed by atoms with E-state index in [-0.39, 0.29) is 24.3 Å². The van der Waals surface area contributed by atoms with Crippen LogP contribution in [0.25, 0.3) is 10.2 Å². The van der Waals surface area contributed by atoms with Crippen LogP contribution < -0.4 is 10.2 Å². The summed E-state index contributed by atoms with van der Waals surface area (Å²) in [5, 5.41) is 3.89. The molecule has 0 aliphatic carbocycles. The van der Waals surface area contributed by atoms with Crippen molar-refractivity contribution in [1.82, 2.24) is 15.2 Å². The van der Waals surface area contributed by atoms with Gasteiger partial charge in [0.1, 0.15) is 5.82 Å². The highest BCUT2D eigenvalue weighted by Gasteiger charge is 2.26. The van der Waals surface area contributed by atoms with Crippen molar-refractivity contribution in [3.05, 3.63) is 59.9 Å². The summed E-state index contributed by atoms with van der Waals surface area (Å²) >= 11 is 1.71. The van der Waals surface area contributed by atoms with E-state index in [9.17, 15) is 9.18 Å². The van der Waals surface area contributed by atoms with Gasteiger partial charge in [-0.15, -0.1) is 0 Å². The Morgan fingerprint density at radius 1 is 1.14 bits per heavy atom. The van der Waals surface area contributed by atoms with E-state index in [0.717, 1.165) is 36.8 Å². The molecule has 1 aliphatic rings. The Morgan fingerprint density at radius 2 is 1.86 bits per heavy atom. The summed E-state index contributed by atoms with van der Waals surface area (Å²) in [6.45, 7) is 5.38. The van der Waals surface area contributed by atoms with Gasteiger partial charge in [-0.25, -0.2) is 9.37 Å². The van der Waals surface area contributed by atoms with Gasteiger partial charge in [-0.2, -0.15) is 0 Å². The lowest BCUT2D eigenvalue weighted by Crippen LogP contribution is -2.53. The van der Waals surface area contributed by atoms with E-state index in [1.54, 1.807) is 29.5 Å². The highest BCUT2D eigenvalue weighted by molar-refractivity contribution is 7.22. The van der Waals surface area contributed by atoms with E-state index in [4.69, 9.17) is 4.98 Å². The molecule has 2 aromatic carbocycles.